The molecular weight excluding hydrogens is 418 g/mol. The van der Waals surface area contributed by atoms with Crippen LogP contribution in [0.1, 0.15) is 37.5 Å². The third-order valence-electron chi connectivity index (χ3n) is 5.05. The Labute approximate surface area is 184 Å². The van der Waals surface area contributed by atoms with Gasteiger partial charge in [0.2, 0.25) is 0 Å². The van der Waals surface area contributed by atoms with E-state index in [0.29, 0.717) is 35.0 Å². The van der Waals surface area contributed by atoms with Gasteiger partial charge in [-0.2, -0.15) is 0 Å². The van der Waals surface area contributed by atoms with Crippen LogP contribution in [0.25, 0.3) is 5.69 Å². The summed E-state index contributed by atoms with van der Waals surface area (Å²) in [6.07, 6.45) is 4.24. The fourth-order valence-electron chi connectivity index (χ4n) is 3.52. The van der Waals surface area contributed by atoms with Crippen molar-refractivity contribution >= 4 is 35.0 Å². The van der Waals surface area contributed by atoms with Gasteiger partial charge in [-0.3, -0.25) is 19.3 Å². The lowest BCUT2D eigenvalue weighted by Gasteiger charge is -2.13. The van der Waals surface area contributed by atoms with Crippen molar-refractivity contribution in [2.75, 3.05) is 25.6 Å². The first-order chi connectivity index (χ1) is 15.0. The molecule has 1 aliphatic heterocycles. The zero-order valence-corrected chi connectivity index (χ0v) is 17.6. The van der Waals surface area contributed by atoms with Crippen molar-refractivity contribution in [3.05, 3.63) is 82.6 Å². The van der Waals surface area contributed by atoms with E-state index in [2.05, 4.69) is 5.32 Å². The fraction of sp³-hybridized carbons (Fsp3) is 0.174. The van der Waals surface area contributed by atoms with E-state index in [-0.39, 0.29) is 23.6 Å². The zero-order chi connectivity index (χ0) is 22.0. The molecule has 3 amide bonds. The third kappa shape index (κ3) is 4.10. The van der Waals surface area contributed by atoms with Crippen LogP contribution >= 0.6 is 11.6 Å². The molecule has 3 aromatic rings. The predicted molar refractivity (Wildman–Crippen MR) is 117 cm³/mol. The van der Waals surface area contributed by atoms with Crippen LogP contribution in [-0.2, 0) is 4.74 Å². The number of imide groups is 1. The molecule has 0 spiro atoms. The molecule has 0 atom stereocenters. The third-order valence-corrected chi connectivity index (χ3v) is 5.29. The molecule has 4 rings (SSSR count). The highest BCUT2D eigenvalue weighted by Gasteiger charge is 2.35. The number of hydrogen-bond acceptors (Lipinski definition) is 4. The molecule has 2 heterocycles. The summed E-state index contributed by atoms with van der Waals surface area (Å²) in [5.74, 6) is -1.14. The van der Waals surface area contributed by atoms with Crippen molar-refractivity contribution < 1.29 is 19.1 Å². The summed E-state index contributed by atoms with van der Waals surface area (Å²) in [4.78, 5) is 39.3. The van der Waals surface area contributed by atoms with E-state index in [1.165, 1.54) is 17.0 Å². The van der Waals surface area contributed by atoms with E-state index in [9.17, 15) is 14.4 Å². The summed E-state index contributed by atoms with van der Waals surface area (Å²) < 4.78 is 6.83. The average molecular weight is 438 g/mol. The van der Waals surface area contributed by atoms with Crippen molar-refractivity contribution in [3.63, 3.8) is 0 Å². The average Bonchev–Trinajstić information content (AvgIpc) is 3.38. The number of amides is 3. The van der Waals surface area contributed by atoms with Gasteiger partial charge in [0.25, 0.3) is 17.7 Å². The molecule has 158 valence electrons. The number of ether oxygens (including phenoxy) is 1. The number of rotatable bonds is 7. The van der Waals surface area contributed by atoms with Gasteiger partial charge >= 0.3 is 0 Å². The monoisotopic (exact) mass is 437 g/mol. The van der Waals surface area contributed by atoms with Gasteiger partial charge < -0.3 is 14.6 Å². The molecular formula is C23H20ClN3O4. The van der Waals surface area contributed by atoms with Crippen LogP contribution in [0.2, 0.25) is 5.02 Å². The summed E-state index contributed by atoms with van der Waals surface area (Å²) in [6.45, 7) is 0.721. The van der Waals surface area contributed by atoms with E-state index in [0.717, 1.165) is 0 Å². The van der Waals surface area contributed by atoms with Gasteiger partial charge in [-0.25, -0.2) is 0 Å². The highest BCUT2D eigenvalue weighted by molar-refractivity contribution is 6.31. The lowest BCUT2D eigenvalue weighted by atomic mass is 10.1. The second-order valence-electron chi connectivity index (χ2n) is 7.07. The van der Waals surface area contributed by atoms with Crippen LogP contribution in [-0.4, -0.2) is 47.4 Å². The van der Waals surface area contributed by atoms with Crippen LogP contribution in [0.3, 0.4) is 0 Å². The number of carbonyl (C=O) groups excluding carboxylic acids is 3. The standard InChI is InChI=1S/C23H20ClN3O4/c1-31-12-4-11-27-22(29)17-7-5-15(13-18(17)23(27)30)21(28)25-19-8-6-16(24)14-20(19)26-9-2-3-10-26/h2-3,5-10,13-14H,4,11-12H2,1H3,(H,25,28). The van der Waals surface area contributed by atoms with Gasteiger partial charge in [0, 0.05) is 43.2 Å². The Morgan fingerprint density at radius 1 is 1.03 bits per heavy atom. The smallest absolute Gasteiger partial charge is 0.261 e. The molecule has 0 radical (unpaired) electrons. The lowest BCUT2D eigenvalue weighted by molar-refractivity contribution is 0.0638. The molecule has 0 saturated heterocycles. The van der Waals surface area contributed by atoms with Gasteiger partial charge in [0.05, 0.1) is 22.5 Å². The largest absolute Gasteiger partial charge is 0.385 e. The van der Waals surface area contributed by atoms with Crippen LogP contribution < -0.4 is 5.32 Å². The van der Waals surface area contributed by atoms with E-state index in [4.69, 9.17) is 16.3 Å². The first-order valence-corrected chi connectivity index (χ1v) is 10.1. The van der Waals surface area contributed by atoms with Crippen molar-refractivity contribution in [2.24, 2.45) is 0 Å². The number of anilines is 1. The Morgan fingerprint density at radius 3 is 2.52 bits per heavy atom. The number of nitrogens with zero attached hydrogens (tertiary/aromatic N) is 2. The number of benzene rings is 2. The number of aromatic nitrogens is 1. The number of hydrogen-bond donors (Lipinski definition) is 1. The second-order valence-corrected chi connectivity index (χ2v) is 7.51. The van der Waals surface area contributed by atoms with Crippen molar-refractivity contribution in [1.82, 2.24) is 9.47 Å². The second kappa shape index (κ2) is 8.75. The van der Waals surface area contributed by atoms with E-state index in [1.807, 2.05) is 29.1 Å². The molecule has 0 bridgehead atoms. The number of halogens is 1. The van der Waals surface area contributed by atoms with Gasteiger partial charge in [-0.05, 0) is 55.0 Å². The fourth-order valence-corrected chi connectivity index (χ4v) is 3.68. The van der Waals surface area contributed by atoms with Gasteiger partial charge in [0.1, 0.15) is 0 Å². The van der Waals surface area contributed by atoms with E-state index < -0.39 is 11.8 Å². The maximum atomic E-state index is 12.9. The molecule has 2 aromatic carbocycles. The Bertz CT molecular complexity index is 1160. The summed E-state index contributed by atoms with van der Waals surface area (Å²) in [6, 6.07) is 13.4. The summed E-state index contributed by atoms with van der Waals surface area (Å²) in [5.41, 5.74) is 2.10. The molecule has 0 unspecified atom stereocenters. The molecule has 0 fully saturated rings. The van der Waals surface area contributed by atoms with Gasteiger partial charge in [-0.15, -0.1) is 0 Å². The van der Waals surface area contributed by atoms with Crippen LogP contribution in [0, 0.1) is 0 Å². The molecule has 1 N–H and O–H groups in total. The Morgan fingerprint density at radius 2 is 1.77 bits per heavy atom. The van der Waals surface area contributed by atoms with Crippen molar-refractivity contribution in [1.29, 1.82) is 0 Å². The molecule has 8 heteroatoms. The molecule has 31 heavy (non-hydrogen) atoms. The first kappa shape index (κ1) is 20.8. The minimum Gasteiger partial charge on any atom is -0.385 e. The molecule has 7 nitrogen and oxygen atoms in total. The van der Waals surface area contributed by atoms with Crippen molar-refractivity contribution in [2.45, 2.75) is 6.42 Å². The van der Waals surface area contributed by atoms with E-state index in [1.54, 1.807) is 31.4 Å². The predicted octanol–water partition coefficient (Wildman–Crippen LogP) is 4.02. The lowest BCUT2D eigenvalue weighted by Crippen LogP contribution is -2.31. The summed E-state index contributed by atoms with van der Waals surface area (Å²) >= 11 is 6.13. The van der Waals surface area contributed by atoms with E-state index >= 15 is 0 Å². The number of carbonyl (C=O) groups is 3. The quantitative estimate of drug-likeness (QED) is 0.447. The highest BCUT2D eigenvalue weighted by Crippen LogP contribution is 2.27. The topological polar surface area (TPSA) is 80.6 Å². The number of methoxy groups -OCH3 is 1. The highest BCUT2D eigenvalue weighted by atomic mass is 35.5. The normalized spacial score (nSPS) is 12.9. The minimum absolute atomic E-state index is 0.233. The van der Waals surface area contributed by atoms with Crippen LogP contribution in [0.15, 0.2) is 60.9 Å². The summed E-state index contributed by atoms with van der Waals surface area (Å²) in [7, 11) is 1.57. The Balaban J connectivity index is 1.58. The zero-order valence-electron chi connectivity index (χ0n) is 16.8. The molecule has 0 aliphatic carbocycles. The van der Waals surface area contributed by atoms with Crippen LogP contribution in [0.4, 0.5) is 5.69 Å². The van der Waals surface area contributed by atoms with Gasteiger partial charge in [0.15, 0.2) is 0 Å². The van der Waals surface area contributed by atoms with Crippen LogP contribution in [0.5, 0.6) is 0 Å². The summed E-state index contributed by atoms with van der Waals surface area (Å²) in [5, 5.41) is 3.41. The van der Waals surface area contributed by atoms with Crippen molar-refractivity contribution in [3.8, 4) is 5.69 Å². The van der Waals surface area contributed by atoms with Gasteiger partial charge in [-0.1, -0.05) is 11.6 Å². The Hall–Kier alpha value is -3.42. The minimum atomic E-state index is -0.398. The molecule has 1 aromatic heterocycles. The molecule has 0 saturated carbocycles. The maximum absolute atomic E-state index is 12.9. The Kier molecular flexibility index (Phi) is 5.88. The first-order valence-electron chi connectivity index (χ1n) is 9.73. The SMILES string of the molecule is COCCCN1C(=O)c2ccc(C(=O)Nc3ccc(Cl)cc3-n3cccc3)cc2C1=O. The molecule has 1 aliphatic rings. The number of nitrogens with one attached hydrogen (secondary N) is 1. The maximum Gasteiger partial charge on any atom is 0.261 e. The number of fused-ring (bicyclic) bond motifs is 1.